The van der Waals surface area contributed by atoms with Crippen molar-refractivity contribution in [2.75, 3.05) is 13.2 Å². The standard InChI is InChI=1S/C20H20Cl2O6/c21-19(13-7-3-1-4-8-13)25-12-16(27-19)18-17(24)15(11-23)26-20(22,28-18)14-9-5-2-6-10-14/h1-10,15-18,23-24H,11-12H2/t15-,16+,17+,18+,19?,20?/m1/s1. The maximum Gasteiger partial charge on any atom is 0.277 e. The summed E-state index contributed by atoms with van der Waals surface area (Å²) in [5.41, 5.74) is 1.16. The van der Waals surface area contributed by atoms with Gasteiger partial charge in [0.1, 0.15) is 24.4 Å². The molecule has 2 aliphatic rings. The number of alkyl halides is 2. The molecule has 0 bridgehead atoms. The van der Waals surface area contributed by atoms with Crippen molar-refractivity contribution in [2.24, 2.45) is 0 Å². The van der Waals surface area contributed by atoms with E-state index < -0.39 is 41.5 Å². The van der Waals surface area contributed by atoms with Crippen LogP contribution in [0.25, 0.3) is 0 Å². The fourth-order valence-electron chi connectivity index (χ4n) is 3.37. The fraction of sp³-hybridized carbons (Fsp3) is 0.400. The molecule has 2 fully saturated rings. The van der Waals surface area contributed by atoms with E-state index in [-0.39, 0.29) is 6.61 Å². The molecule has 0 aliphatic carbocycles. The molecule has 6 nitrogen and oxygen atoms in total. The van der Waals surface area contributed by atoms with E-state index in [0.29, 0.717) is 11.1 Å². The minimum absolute atomic E-state index is 0.0695. The number of hydrogen-bond donors (Lipinski definition) is 2. The van der Waals surface area contributed by atoms with Gasteiger partial charge in [-0.1, -0.05) is 83.9 Å². The van der Waals surface area contributed by atoms with E-state index in [1.54, 1.807) is 36.4 Å². The van der Waals surface area contributed by atoms with Gasteiger partial charge in [-0.15, -0.1) is 0 Å². The Balaban J connectivity index is 1.59. The lowest BCUT2D eigenvalue weighted by Gasteiger charge is -2.44. The van der Waals surface area contributed by atoms with E-state index >= 15 is 0 Å². The highest BCUT2D eigenvalue weighted by Gasteiger charge is 2.54. The van der Waals surface area contributed by atoms with Gasteiger partial charge in [-0.25, -0.2) is 0 Å². The van der Waals surface area contributed by atoms with E-state index in [4.69, 9.17) is 42.1 Å². The molecule has 28 heavy (non-hydrogen) atoms. The van der Waals surface area contributed by atoms with Crippen molar-refractivity contribution in [1.82, 2.24) is 0 Å². The molecule has 0 amide bonds. The van der Waals surface area contributed by atoms with Crippen LogP contribution in [0.2, 0.25) is 0 Å². The third kappa shape index (κ3) is 3.67. The van der Waals surface area contributed by atoms with Gasteiger partial charge in [-0.3, -0.25) is 0 Å². The van der Waals surface area contributed by atoms with Gasteiger partial charge in [-0.2, -0.15) is 0 Å². The molecule has 2 N–H and O–H groups in total. The molecule has 2 aromatic carbocycles. The molecule has 150 valence electrons. The van der Waals surface area contributed by atoms with Crippen LogP contribution in [-0.2, 0) is 29.4 Å². The minimum atomic E-state index is -1.69. The molecule has 8 heteroatoms. The van der Waals surface area contributed by atoms with Gasteiger partial charge in [0.2, 0.25) is 0 Å². The third-order valence-corrected chi connectivity index (χ3v) is 5.64. The maximum absolute atomic E-state index is 10.7. The molecule has 6 atom stereocenters. The van der Waals surface area contributed by atoms with E-state index in [2.05, 4.69) is 0 Å². The van der Waals surface area contributed by atoms with Gasteiger partial charge in [0.15, 0.2) is 0 Å². The van der Waals surface area contributed by atoms with Crippen molar-refractivity contribution in [1.29, 1.82) is 0 Å². The van der Waals surface area contributed by atoms with Crippen molar-refractivity contribution >= 4 is 23.2 Å². The molecular formula is C20H20Cl2O6. The highest BCUT2D eigenvalue weighted by molar-refractivity contribution is 6.22. The lowest BCUT2D eigenvalue weighted by molar-refractivity contribution is -0.334. The Bertz CT molecular complexity index is 794. The average molecular weight is 427 g/mol. The van der Waals surface area contributed by atoms with Crippen molar-refractivity contribution in [3.8, 4) is 0 Å². The zero-order chi connectivity index (χ0) is 19.8. The molecule has 2 unspecified atom stereocenters. The lowest BCUT2D eigenvalue weighted by Crippen LogP contribution is -2.58. The van der Waals surface area contributed by atoms with E-state index in [0.717, 1.165) is 0 Å². The van der Waals surface area contributed by atoms with Gasteiger partial charge in [0.25, 0.3) is 10.5 Å². The number of benzene rings is 2. The average Bonchev–Trinajstić information content (AvgIpc) is 3.14. The van der Waals surface area contributed by atoms with Crippen LogP contribution in [-0.4, -0.2) is 47.8 Å². The topological polar surface area (TPSA) is 77.4 Å². The molecule has 2 saturated heterocycles. The molecular weight excluding hydrogens is 407 g/mol. The maximum atomic E-state index is 10.7. The first-order valence-corrected chi connectivity index (χ1v) is 9.66. The number of ether oxygens (including phenoxy) is 4. The molecule has 4 rings (SSSR count). The van der Waals surface area contributed by atoms with Crippen molar-refractivity contribution < 1.29 is 29.2 Å². The normalized spacial score (nSPS) is 38.4. The van der Waals surface area contributed by atoms with E-state index in [1.807, 2.05) is 24.3 Å². The SMILES string of the molecule is OC[C@H]1OC(Cl)(c2ccccc2)O[C@@H]([C@@H]2COC(Cl)(c3ccccc3)O2)[C@H]1O. The number of aliphatic hydroxyl groups excluding tert-OH is 2. The summed E-state index contributed by atoms with van der Waals surface area (Å²) in [6.45, 7) is -0.374. The summed E-state index contributed by atoms with van der Waals surface area (Å²) in [4.78, 5) is 0. The predicted molar refractivity (Wildman–Crippen MR) is 102 cm³/mol. The first kappa shape index (κ1) is 20.1. The number of aliphatic hydroxyl groups is 2. The number of hydrogen-bond acceptors (Lipinski definition) is 6. The van der Waals surface area contributed by atoms with Crippen LogP contribution in [0.4, 0.5) is 0 Å². The van der Waals surface area contributed by atoms with Crippen LogP contribution in [0.1, 0.15) is 11.1 Å². The summed E-state index contributed by atoms with van der Waals surface area (Å²) in [6.07, 6.45) is -3.83. The highest BCUT2D eigenvalue weighted by Crippen LogP contribution is 2.45. The number of halogens is 2. The molecule has 2 aromatic rings. The quantitative estimate of drug-likeness (QED) is 0.731. The van der Waals surface area contributed by atoms with Crippen LogP contribution < -0.4 is 0 Å². The largest absolute Gasteiger partial charge is 0.394 e. The second kappa shape index (κ2) is 7.89. The smallest absolute Gasteiger partial charge is 0.277 e. The van der Waals surface area contributed by atoms with Gasteiger partial charge >= 0.3 is 0 Å². The van der Waals surface area contributed by atoms with Gasteiger partial charge < -0.3 is 29.2 Å². The van der Waals surface area contributed by atoms with Crippen molar-refractivity contribution in [3.63, 3.8) is 0 Å². The van der Waals surface area contributed by atoms with Crippen LogP contribution in [0.5, 0.6) is 0 Å². The minimum Gasteiger partial charge on any atom is -0.394 e. The first-order chi connectivity index (χ1) is 13.5. The first-order valence-electron chi connectivity index (χ1n) is 8.90. The molecule has 0 spiro atoms. The van der Waals surface area contributed by atoms with Crippen LogP contribution in [0.15, 0.2) is 60.7 Å². The summed E-state index contributed by atoms with van der Waals surface area (Å²) >= 11 is 13.1. The van der Waals surface area contributed by atoms with Crippen LogP contribution in [0.3, 0.4) is 0 Å². The Morgan fingerprint density at radius 1 is 0.857 bits per heavy atom. The van der Waals surface area contributed by atoms with Gasteiger partial charge in [-0.05, 0) is 0 Å². The zero-order valence-corrected chi connectivity index (χ0v) is 16.3. The monoisotopic (exact) mass is 426 g/mol. The molecule has 0 saturated carbocycles. The summed E-state index contributed by atoms with van der Waals surface area (Å²) in [7, 11) is 0. The molecule has 2 aliphatic heterocycles. The number of rotatable bonds is 4. The Kier molecular flexibility index (Phi) is 5.66. The van der Waals surface area contributed by atoms with Gasteiger partial charge in [0.05, 0.1) is 13.2 Å². The van der Waals surface area contributed by atoms with E-state index in [1.165, 1.54) is 0 Å². The summed E-state index contributed by atoms with van der Waals surface area (Å²) in [5.74, 6) is 0. The Morgan fingerprint density at radius 3 is 2.00 bits per heavy atom. The Morgan fingerprint density at radius 2 is 1.43 bits per heavy atom. The molecule has 0 radical (unpaired) electrons. The Labute approximate surface area is 172 Å². The molecule has 0 aromatic heterocycles. The highest BCUT2D eigenvalue weighted by atomic mass is 35.5. The van der Waals surface area contributed by atoms with Gasteiger partial charge in [0, 0.05) is 11.1 Å². The van der Waals surface area contributed by atoms with E-state index in [9.17, 15) is 10.2 Å². The van der Waals surface area contributed by atoms with Crippen molar-refractivity contribution in [2.45, 2.75) is 34.9 Å². The summed E-state index contributed by atoms with van der Waals surface area (Å²) in [5, 5.41) is 17.2. The summed E-state index contributed by atoms with van der Waals surface area (Å²) in [6, 6.07) is 17.9. The Hall–Kier alpha value is -1.22. The second-order valence-electron chi connectivity index (χ2n) is 6.68. The second-order valence-corrected chi connectivity index (χ2v) is 7.68. The zero-order valence-electron chi connectivity index (χ0n) is 14.8. The molecule has 2 heterocycles. The van der Waals surface area contributed by atoms with Crippen LogP contribution in [0, 0.1) is 0 Å². The third-order valence-electron chi connectivity index (χ3n) is 4.83. The lowest BCUT2D eigenvalue weighted by atomic mass is 10.0. The van der Waals surface area contributed by atoms with Crippen molar-refractivity contribution in [3.05, 3.63) is 71.8 Å². The van der Waals surface area contributed by atoms with Crippen LogP contribution >= 0.6 is 23.2 Å². The summed E-state index contributed by atoms with van der Waals surface area (Å²) < 4.78 is 23.2. The fourth-order valence-corrected chi connectivity index (χ4v) is 4.01. The predicted octanol–water partition coefficient (Wildman–Crippen LogP) is 2.64.